The van der Waals surface area contributed by atoms with Crippen molar-refractivity contribution in [2.45, 2.75) is 18.2 Å². The van der Waals surface area contributed by atoms with Crippen LogP contribution in [0.15, 0.2) is 59.6 Å². The van der Waals surface area contributed by atoms with Crippen LogP contribution < -0.4 is 10.1 Å². The largest absolute Gasteiger partial charge is 0.497 e. The molecule has 1 heterocycles. The van der Waals surface area contributed by atoms with Gasteiger partial charge in [-0.05, 0) is 29.8 Å². The molecule has 7 heteroatoms. The molecular formula is C20H21N3O3S. The van der Waals surface area contributed by atoms with Gasteiger partial charge in [0, 0.05) is 13.5 Å². The molecule has 0 aliphatic carbocycles. The van der Waals surface area contributed by atoms with Crippen LogP contribution in [-0.4, -0.2) is 41.3 Å². The van der Waals surface area contributed by atoms with Gasteiger partial charge < -0.3 is 10.1 Å². The van der Waals surface area contributed by atoms with E-state index in [2.05, 4.69) is 10.3 Å². The molecule has 6 nitrogen and oxygen atoms in total. The van der Waals surface area contributed by atoms with E-state index in [1.807, 2.05) is 54.6 Å². The zero-order valence-corrected chi connectivity index (χ0v) is 16.0. The number of hydrogen-bond acceptors (Lipinski definition) is 5. The molecule has 0 spiro atoms. The first-order chi connectivity index (χ1) is 13.1. The molecule has 3 rings (SSSR count). The number of benzene rings is 2. The number of ether oxygens (including phenoxy) is 1. The molecule has 0 radical (unpaired) electrons. The Morgan fingerprint density at radius 1 is 1.22 bits per heavy atom. The summed E-state index contributed by atoms with van der Waals surface area (Å²) < 4.78 is 5.17. The second kappa shape index (κ2) is 8.73. The zero-order chi connectivity index (χ0) is 19.2. The summed E-state index contributed by atoms with van der Waals surface area (Å²) in [6.45, 7) is 0.419. The minimum atomic E-state index is -0.480. The number of thioether (sulfide) groups is 1. The van der Waals surface area contributed by atoms with Gasteiger partial charge in [-0.15, -0.1) is 0 Å². The fourth-order valence-corrected chi connectivity index (χ4v) is 3.85. The van der Waals surface area contributed by atoms with Gasteiger partial charge in [0.05, 0.1) is 24.6 Å². The van der Waals surface area contributed by atoms with Gasteiger partial charge in [0.2, 0.25) is 11.8 Å². The number of nitrogens with one attached hydrogen (secondary N) is 1. The lowest BCUT2D eigenvalue weighted by atomic mass is 10.2. The van der Waals surface area contributed by atoms with E-state index in [0.717, 1.165) is 11.3 Å². The van der Waals surface area contributed by atoms with Gasteiger partial charge in [0.15, 0.2) is 5.17 Å². The number of carbonyl (C=O) groups excluding carboxylic acids is 2. The van der Waals surface area contributed by atoms with E-state index < -0.39 is 5.25 Å². The molecule has 1 aliphatic heterocycles. The molecule has 1 saturated heterocycles. The minimum absolute atomic E-state index is 0.113. The van der Waals surface area contributed by atoms with Crippen molar-refractivity contribution in [3.05, 3.63) is 60.2 Å². The van der Waals surface area contributed by atoms with Gasteiger partial charge in [0.25, 0.3) is 0 Å². The summed E-state index contributed by atoms with van der Waals surface area (Å²) in [4.78, 5) is 31.1. The second-order valence-corrected chi connectivity index (χ2v) is 7.15. The zero-order valence-electron chi connectivity index (χ0n) is 15.2. The Kier molecular flexibility index (Phi) is 6.13. The van der Waals surface area contributed by atoms with Crippen LogP contribution in [0.2, 0.25) is 0 Å². The summed E-state index contributed by atoms with van der Waals surface area (Å²) in [7, 11) is 3.18. The summed E-state index contributed by atoms with van der Waals surface area (Å²) in [5.74, 6) is 0.448. The normalized spacial score (nSPS) is 18.4. The number of amidine groups is 1. The van der Waals surface area contributed by atoms with E-state index in [-0.39, 0.29) is 18.2 Å². The molecule has 2 amide bonds. The van der Waals surface area contributed by atoms with E-state index in [4.69, 9.17) is 4.74 Å². The molecule has 0 bridgehead atoms. The highest BCUT2D eigenvalue weighted by Crippen LogP contribution is 2.30. The molecule has 0 saturated carbocycles. The predicted molar refractivity (Wildman–Crippen MR) is 107 cm³/mol. The fourth-order valence-electron chi connectivity index (χ4n) is 2.69. The highest BCUT2D eigenvalue weighted by atomic mass is 32.2. The van der Waals surface area contributed by atoms with Crippen LogP contribution in [0.25, 0.3) is 0 Å². The van der Waals surface area contributed by atoms with Gasteiger partial charge in [-0.2, -0.15) is 0 Å². The van der Waals surface area contributed by atoms with Crippen molar-refractivity contribution in [2.24, 2.45) is 4.99 Å². The SMILES string of the molecule is CNC(=O)[C@H]1CC(=O)N(Cc2ccccc2)C(=Nc2ccc(OC)cc2)S1. The van der Waals surface area contributed by atoms with Crippen LogP contribution >= 0.6 is 11.8 Å². The second-order valence-electron chi connectivity index (χ2n) is 5.98. The van der Waals surface area contributed by atoms with Crippen LogP contribution in [0.1, 0.15) is 12.0 Å². The van der Waals surface area contributed by atoms with Crippen molar-refractivity contribution in [1.29, 1.82) is 0 Å². The lowest BCUT2D eigenvalue weighted by Crippen LogP contribution is -2.45. The monoisotopic (exact) mass is 383 g/mol. The third-order valence-electron chi connectivity index (χ3n) is 4.16. The smallest absolute Gasteiger partial charge is 0.233 e. The van der Waals surface area contributed by atoms with Crippen molar-refractivity contribution in [1.82, 2.24) is 10.2 Å². The quantitative estimate of drug-likeness (QED) is 0.862. The van der Waals surface area contributed by atoms with Crippen molar-refractivity contribution in [2.75, 3.05) is 14.2 Å². The van der Waals surface area contributed by atoms with Crippen LogP contribution in [0.3, 0.4) is 0 Å². The maximum absolute atomic E-state index is 12.8. The Morgan fingerprint density at radius 3 is 2.56 bits per heavy atom. The van der Waals surface area contributed by atoms with Crippen LogP contribution in [-0.2, 0) is 16.1 Å². The first-order valence-corrected chi connectivity index (χ1v) is 9.44. The van der Waals surface area contributed by atoms with Crippen LogP contribution in [0.4, 0.5) is 5.69 Å². The summed E-state index contributed by atoms with van der Waals surface area (Å²) in [5.41, 5.74) is 1.70. The molecule has 2 aromatic rings. The summed E-state index contributed by atoms with van der Waals surface area (Å²) in [5, 5.41) is 2.66. The Balaban J connectivity index is 1.91. The molecule has 2 aromatic carbocycles. The Hall–Kier alpha value is -2.80. The summed E-state index contributed by atoms with van der Waals surface area (Å²) >= 11 is 1.31. The van der Waals surface area contributed by atoms with Crippen molar-refractivity contribution in [3.8, 4) is 5.75 Å². The highest BCUT2D eigenvalue weighted by Gasteiger charge is 2.35. The molecule has 0 aromatic heterocycles. The molecule has 0 unspecified atom stereocenters. The lowest BCUT2D eigenvalue weighted by molar-refractivity contribution is -0.130. The molecule has 1 fully saturated rings. The lowest BCUT2D eigenvalue weighted by Gasteiger charge is -2.31. The molecule has 1 atom stereocenters. The predicted octanol–water partition coefficient (Wildman–Crippen LogP) is 2.96. The van der Waals surface area contributed by atoms with Crippen molar-refractivity contribution >= 4 is 34.4 Å². The maximum atomic E-state index is 12.8. The first kappa shape index (κ1) is 19.0. The number of aliphatic imine (C=N–C) groups is 1. The van der Waals surface area contributed by atoms with Crippen LogP contribution in [0, 0.1) is 0 Å². The molecule has 1 aliphatic rings. The van der Waals surface area contributed by atoms with E-state index in [0.29, 0.717) is 17.4 Å². The molecular weight excluding hydrogens is 362 g/mol. The third-order valence-corrected chi connectivity index (χ3v) is 5.35. The first-order valence-electron chi connectivity index (χ1n) is 8.56. The van der Waals surface area contributed by atoms with E-state index in [1.54, 1.807) is 19.1 Å². The van der Waals surface area contributed by atoms with Gasteiger partial charge in [0.1, 0.15) is 5.75 Å². The third kappa shape index (κ3) is 4.68. The number of carbonyl (C=O) groups is 2. The average molecular weight is 383 g/mol. The molecule has 27 heavy (non-hydrogen) atoms. The molecule has 1 N–H and O–H groups in total. The number of nitrogens with zero attached hydrogens (tertiary/aromatic N) is 2. The fraction of sp³-hybridized carbons (Fsp3) is 0.250. The van der Waals surface area contributed by atoms with Gasteiger partial charge in [-0.3, -0.25) is 14.5 Å². The number of methoxy groups -OCH3 is 1. The summed E-state index contributed by atoms with van der Waals surface area (Å²) in [6.07, 6.45) is 0.152. The van der Waals surface area contributed by atoms with Crippen LogP contribution in [0.5, 0.6) is 5.75 Å². The van der Waals surface area contributed by atoms with Crippen molar-refractivity contribution in [3.63, 3.8) is 0 Å². The van der Waals surface area contributed by atoms with E-state index in [1.165, 1.54) is 11.8 Å². The topological polar surface area (TPSA) is 71.0 Å². The standard InChI is InChI=1S/C20H21N3O3S/c1-21-19(25)17-12-18(24)23(13-14-6-4-3-5-7-14)20(27-17)22-15-8-10-16(26-2)11-9-15/h3-11,17H,12-13H2,1-2H3,(H,21,25)/t17-/m1/s1. The number of hydrogen-bond donors (Lipinski definition) is 1. The van der Waals surface area contributed by atoms with Gasteiger partial charge >= 0.3 is 0 Å². The van der Waals surface area contributed by atoms with E-state index >= 15 is 0 Å². The minimum Gasteiger partial charge on any atom is -0.497 e. The Bertz CT molecular complexity index is 837. The maximum Gasteiger partial charge on any atom is 0.233 e. The van der Waals surface area contributed by atoms with E-state index in [9.17, 15) is 9.59 Å². The van der Waals surface area contributed by atoms with Gasteiger partial charge in [-0.1, -0.05) is 42.1 Å². The Morgan fingerprint density at radius 2 is 1.93 bits per heavy atom. The Labute approximate surface area is 162 Å². The van der Waals surface area contributed by atoms with Crippen molar-refractivity contribution < 1.29 is 14.3 Å². The highest BCUT2D eigenvalue weighted by molar-refractivity contribution is 8.15. The summed E-state index contributed by atoms with van der Waals surface area (Å²) in [6, 6.07) is 17.0. The average Bonchev–Trinajstić information content (AvgIpc) is 2.71. The number of amides is 2. The van der Waals surface area contributed by atoms with Gasteiger partial charge in [-0.25, -0.2) is 4.99 Å². The molecule has 140 valence electrons. The number of rotatable bonds is 5.